The van der Waals surface area contributed by atoms with Gasteiger partial charge in [-0.25, -0.2) is 0 Å². The lowest BCUT2D eigenvalue weighted by molar-refractivity contribution is -0.123. The lowest BCUT2D eigenvalue weighted by atomic mass is 9.96. The summed E-state index contributed by atoms with van der Waals surface area (Å²) in [6.07, 6.45) is 3.01. The number of unbranched alkanes of at least 4 members (excludes halogenated alkanes) is 1. The predicted molar refractivity (Wildman–Crippen MR) is 109 cm³/mol. The monoisotopic (exact) mass is 372 g/mol. The molecule has 0 aliphatic carbocycles. The first-order valence-electron chi connectivity index (χ1n) is 9.01. The molecule has 0 aliphatic heterocycles. The summed E-state index contributed by atoms with van der Waals surface area (Å²) in [5.74, 6) is -0.116. The summed E-state index contributed by atoms with van der Waals surface area (Å²) >= 11 is 1.33. The van der Waals surface area contributed by atoms with Crippen molar-refractivity contribution in [3.63, 3.8) is 0 Å². The van der Waals surface area contributed by atoms with Crippen LogP contribution in [-0.4, -0.2) is 18.4 Å². The smallest absolute Gasteiger partial charge is 0.261 e. The molecule has 2 aromatic rings. The summed E-state index contributed by atoms with van der Waals surface area (Å²) in [5, 5.41) is 6.59. The van der Waals surface area contributed by atoms with Crippen LogP contribution in [0.15, 0.2) is 36.4 Å². The third kappa shape index (κ3) is 5.99. The highest BCUT2D eigenvalue weighted by molar-refractivity contribution is 7.18. The van der Waals surface area contributed by atoms with Crippen LogP contribution in [0.3, 0.4) is 0 Å². The van der Waals surface area contributed by atoms with Crippen molar-refractivity contribution in [1.82, 2.24) is 5.32 Å². The Hall–Kier alpha value is -2.14. The molecule has 5 heteroatoms. The van der Waals surface area contributed by atoms with Crippen molar-refractivity contribution in [2.75, 3.05) is 11.9 Å². The van der Waals surface area contributed by atoms with Crippen molar-refractivity contribution in [2.24, 2.45) is 5.41 Å². The first kappa shape index (κ1) is 20.2. The average molecular weight is 373 g/mol. The van der Waals surface area contributed by atoms with Gasteiger partial charge >= 0.3 is 0 Å². The number of hydrogen-bond donors (Lipinski definition) is 2. The van der Waals surface area contributed by atoms with Crippen LogP contribution in [0, 0.1) is 12.3 Å². The summed E-state index contributed by atoms with van der Waals surface area (Å²) in [7, 11) is 0. The fraction of sp³-hybridized carbons (Fsp3) is 0.429. The van der Waals surface area contributed by atoms with Gasteiger partial charge < -0.3 is 10.6 Å². The highest BCUT2D eigenvalue weighted by atomic mass is 32.1. The lowest BCUT2D eigenvalue weighted by Gasteiger charge is -2.16. The number of amides is 2. The second kappa shape index (κ2) is 8.99. The van der Waals surface area contributed by atoms with Crippen LogP contribution in [0.4, 0.5) is 5.00 Å². The summed E-state index contributed by atoms with van der Waals surface area (Å²) in [4.78, 5) is 25.1. The fourth-order valence-electron chi connectivity index (χ4n) is 2.45. The molecule has 0 bridgehead atoms. The zero-order chi connectivity index (χ0) is 19.2. The summed E-state index contributed by atoms with van der Waals surface area (Å²) in [6.45, 7) is 8.16. The van der Waals surface area contributed by atoms with Crippen molar-refractivity contribution in [1.29, 1.82) is 0 Å². The SMILES string of the molecule is Cc1cc(NC(=O)C(C)(C)C)sc1C(=O)NCCCCc1ccccc1. The molecule has 0 fully saturated rings. The van der Waals surface area contributed by atoms with Crippen LogP contribution in [0.5, 0.6) is 0 Å². The van der Waals surface area contributed by atoms with Crippen molar-refractivity contribution >= 4 is 28.2 Å². The van der Waals surface area contributed by atoms with E-state index in [4.69, 9.17) is 0 Å². The quantitative estimate of drug-likeness (QED) is 0.686. The standard InChI is InChI=1S/C21H28N2O2S/c1-15-14-17(23-20(25)21(2,3)4)26-18(15)19(24)22-13-9-8-12-16-10-6-5-7-11-16/h5-7,10-11,14H,8-9,12-13H2,1-4H3,(H,22,24)(H,23,25). The fourth-order valence-corrected chi connectivity index (χ4v) is 3.43. The molecule has 4 nitrogen and oxygen atoms in total. The van der Waals surface area contributed by atoms with Gasteiger partial charge in [0.15, 0.2) is 0 Å². The Morgan fingerprint density at radius 2 is 1.77 bits per heavy atom. The zero-order valence-corrected chi connectivity index (χ0v) is 16.8. The van der Waals surface area contributed by atoms with Gasteiger partial charge in [-0.3, -0.25) is 9.59 Å². The van der Waals surface area contributed by atoms with E-state index >= 15 is 0 Å². The minimum Gasteiger partial charge on any atom is -0.351 e. The van der Waals surface area contributed by atoms with E-state index < -0.39 is 5.41 Å². The number of thiophene rings is 1. The maximum absolute atomic E-state index is 12.4. The Morgan fingerprint density at radius 1 is 1.08 bits per heavy atom. The minimum absolute atomic E-state index is 0.0494. The zero-order valence-electron chi connectivity index (χ0n) is 16.0. The average Bonchev–Trinajstić information content (AvgIpc) is 2.95. The van der Waals surface area contributed by atoms with Gasteiger partial charge in [0.25, 0.3) is 5.91 Å². The lowest BCUT2D eigenvalue weighted by Crippen LogP contribution is -2.27. The number of benzene rings is 1. The van der Waals surface area contributed by atoms with Crippen molar-refractivity contribution in [3.8, 4) is 0 Å². The molecule has 0 unspecified atom stereocenters. The van der Waals surface area contributed by atoms with Gasteiger partial charge in [0, 0.05) is 12.0 Å². The number of aryl methyl sites for hydroxylation is 2. The molecule has 26 heavy (non-hydrogen) atoms. The van der Waals surface area contributed by atoms with E-state index in [0.717, 1.165) is 29.8 Å². The Balaban J connectivity index is 1.79. The molecule has 0 atom stereocenters. The predicted octanol–water partition coefficient (Wildman–Crippen LogP) is 4.79. The maximum Gasteiger partial charge on any atom is 0.261 e. The molecular weight excluding hydrogens is 344 g/mol. The Labute approximate surface area is 160 Å². The number of nitrogens with one attached hydrogen (secondary N) is 2. The Kier molecular flexibility index (Phi) is 6.98. The number of rotatable bonds is 7. The first-order valence-corrected chi connectivity index (χ1v) is 9.83. The van der Waals surface area contributed by atoms with Gasteiger partial charge in [-0.05, 0) is 43.4 Å². The maximum atomic E-state index is 12.4. The molecule has 0 aliphatic rings. The van der Waals surface area contributed by atoms with E-state index in [2.05, 4.69) is 22.8 Å². The largest absolute Gasteiger partial charge is 0.351 e. The van der Waals surface area contributed by atoms with Crippen LogP contribution < -0.4 is 10.6 Å². The summed E-state index contributed by atoms with van der Waals surface area (Å²) < 4.78 is 0. The van der Waals surface area contributed by atoms with Crippen LogP contribution in [0.2, 0.25) is 0 Å². The molecule has 2 N–H and O–H groups in total. The molecular formula is C21H28N2O2S. The van der Waals surface area contributed by atoms with Crippen LogP contribution in [-0.2, 0) is 11.2 Å². The van der Waals surface area contributed by atoms with E-state index in [1.807, 2.05) is 52.0 Å². The van der Waals surface area contributed by atoms with Gasteiger partial charge in [-0.2, -0.15) is 0 Å². The molecule has 0 radical (unpaired) electrons. The minimum atomic E-state index is -0.459. The Morgan fingerprint density at radius 3 is 2.42 bits per heavy atom. The van der Waals surface area contributed by atoms with E-state index in [9.17, 15) is 9.59 Å². The normalized spacial score (nSPS) is 11.2. The number of carbonyl (C=O) groups excluding carboxylic acids is 2. The molecule has 1 heterocycles. The highest BCUT2D eigenvalue weighted by Crippen LogP contribution is 2.28. The number of anilines is 1. The van der Waals surface area contributed by atoms with Gasteiger partial charge in [0.1, 0.15) is 0 Å². The van der Waals surface area contributed by atoms with Crippen LogP contribution >= 0.6 is 11.3 Å². The molecule has 0 saturated heterocycles. The third-order valence-electron chi connectivity index (χ3n) is 4.06. The van der Waals surface area contributed by atoms with E-state index in [-0.39, 0.29) is 11.8 Å². The molecule has 2 amide bonds. The number of hydrogen-bond acceptors (Lipinski definition) is 3. The first-order chi connectivity index (χ1) is 12.3. The van der Waals surface area contributed by atoms with Gasteiger partial charge in [-0.15, -0.1) is 11.3 Å². The van der Waals surface area contributed by atoms with Crippen molar-refractivity contribution in [2.45, 2.75) is 47.0 Å². The van der Waals surface area contributed by atoms with E-state index in [0.29, 0.717) is 11.4 Å². The van der Waals surface area contributed by atoms with Gasteiger partial charge in [-0.1, -0.05) is 51.1 Å². The van der Waals surface area contributed by atoms with Crippen LogP contribution in [0.25, 0.3) is 0 Å². The summed E-state index contributed by atoms with van der Waals surface area (Å²) in [5.41, 5.74) is 1.76. The highest BCUT2D eigenvalue weighted by Gasteiger charge is 2.22. The van der Waals surface area contributed by atoms with Crippen molar-refractivity contribution < 1.29 is 9.59 Å². The molecule has 1 aromatic heterocycles. The summed E-state index contributed by atoms with van der Waals surface area (Å²) in [6, 6.07) is 12.2. The van der Waals surface area contributed by atoms with Gasteiger partial charge in [0.05, 0.1) is 9.88 Å². The van der Waals surface area contributed by atoms with Gasteiger partial charge in [0.2, 0.25) is 5.91 Å². The third-order valence-corrected chi connectivity index (χ3v) is 5.21. The Bertz CT molecular complexity index is 745. The van der Waals surface area contributed by atoms with E-state index in [1.165, 1.54) is 16.9 Å². The van der Waals surface area contributed by atoms with Crippen molar-refractivity contribution in [3.05, 3.63) is 52.4 Å². The molecule has 0 saturated carbocycles. The molecule has 140 valence electrons. The second-order valence-electron chi connectivity index (χ2n) is 7.53. The topological polar surface area (TPSA) is 58.2 Å². The number of carbonyl (C=O) groups is 2. The second-order valence-corrected chi connectivity index (χ2v) is 8.58. The van der Waals surface area contributed by atoms with Crippen LogP contribution in [0.1, 0.15) is 54.4 Å². The molecule has 0 spiro atoms. The van der Waals surface area contributed by atoms with E-state index in [1.54, 1.807) is 0 Å². The molecule has 2 rings (SSSR count). The molecule has 1 aromatic carbocycles.